The average molecular weight is 112 g/mol. The molecule has 0 atom stereocenters. The van der Waals surface area contributed by atoms with Gasteiger partial charge in [-0.2, -0.15) is 11.1 Å². The lowest BCUT2D eigenvalue weighted by molar-refractivity contribution is 1.14. The van der Waals surface area contributed by atoms with E-state index in [0.717, 1.165) is 16.1 Å². The summed E-state index contributed by atoms with van der Waals surface area (Å²) in [6, 6.07) is 0. The minimum Gasteiger partial charge on any atom is -0.331 e. The van der Waals surface area contributed by atoms with Gasteiger partial charge in [-0.1, -0.05) is 6.92 Å². The van der Waals surface area contributed by atoms with Crippen molar-refractivity contribution in [3.8, 4) is 0 Å². The lowest BCUT2D eigenvalue weighted by Gasteiger charge is -1.53. The molecule has 0 saturated heterocycles. The summed E-state index contributed by atoms with van der Waals surface area (Å²) in [5, 5.41) is 0. The largest absolute Gasteiger partial charge is 0.331 e. The van der Waals surface area contributed by atoms with Crippen LogP contribution in [0.1, 0.15) is 6.92 Å². The summed E-state index contributed by atoms with van der Waals surface area (Å²) in [6.45, 7) is 2.65. The van der Waals surface area contributed by atoms with E-state index < -0.39 is 0 Å². The summed E-state index contributed by atoms with van der Waals surface area (Å²) < 4.78 is 0. The fourth-order valence-corrected chi connectivity index (χ4v) is 0. The topological polar surface area (TPSA) is 26.0 Å². The fraction of sp³-hybridized carbons (Fsp3) is 1.00. The number of halogens is 1. The molecule has 0 bridgehead atoms. The van der Waals surface area contributed by atoms with Crippen molar-refractivity contribution in [3.05, 3.63) is 0 Å². The molecule has 0 aliphatic carbocycles. The second-order valence-electron chi connectivity index (χ2n) is 0.408. The minimum absolute atomic E-state index is 0.750. The molecule has 0 aromatic rings. The van der Waals surface area contributed by atoms with E-state index in [-0.39, 0.29) is 0 Å². The Balaban J connectivity index is 0. The molecule has 2 N–H and O–H groups in total. The van der Waals surface area contributed by atoms with Crippen LogP contribution in [-0.4, -0.2) is 16.1 Å². The maximum atomic E-state index is 4.85. The third kappa shape index (κ3) is 125. The van der Waals surface area contributed by atoms with Gasteiger partial charge in [-0.05, 0) is 6.54 Å². The van der Waals surface area contributed by atoms with Crippen molar-refractivity contribution in [1.29, 1.82) is 0 Å². The smallest absolute Gasteiger partial charge is 0.109 e. The molecule has 0 amide bonds. The van der Waals surface area contributed by atoms with Crippen molar-refractivity contribution >= 4 is 20.6 Å². The molecule has 3 heteroatoms. The van der Waals surface area contributed by atoms with E-state index in [9.17, 15) is 0 Å². The van der Waals surface area contributed by atoms with Crippen LogP contribution in [0, 0.1) is 0 Å². The van der Waals surface area contributed by atoms with Crippen LogP contribution in [0.3, 0.4) is 0 Å². The highest BCUT2D eigenvalue weighted by atomic mass is 35.6. The van der Waals surface area contributed by atoms with Gasteiger partial charge in [0.1, 0.15) is 9.55 Å². The molecule has 0 spiro atoms. The summed E-state index contributed by atoms with van der Waals surface area (Å²) in [7, 11) is 0.778. The van der Waals surface area contributed by atoms with Crippen LogP contribution in [-0.2, 0) is 0 Å². The zero-order chi connectivity index (χ0) is 4.71. The molecule has 0 aromatic carbocycles. The number of nitrogens with two attached hydrogens (primary N) is 1. The number of rotatable bonds is 0. The molecule has 0 aromatic heterocycles. The number of hydrogen-bond donors (Lipinski definition) is 1. The maximum absolute atomic E-state index is 4.85. The third-order valence-electron chi connectivity index (χ3n) is 0. The van der Waals surface area contributed by atoms with E-state index in [1.807, 2.05) is 6.92 Å². The van der Waals surface area contributed by atoms with Gasteiger partial charge in [0.25, 0.3) is 0 Å². The summed E-state index contributed by atoms with van der Waals surface area (Å²) in [4.78, 5) is 0. The van der Waals surface area contributed by atoms with Crippen LogP contribution in [0.25, 0.3) is 0 Å². The molecule has 0 aliphatic heterocycles. The van der Waals surface area contributed by atoms with Crippen LogP contribution in [0.2, 0.25) is 0 Å². The van der Waals surface area contributed by atoms with E-state index in [1.165, 1.54) is 0 Å². The summed E-state index contributed by atoms with van der Waals surface area (Å²) in [6.07, 6.45) is 0. The first-order valence-corrected chi connectivity index (χ1v) is 4.52. The first-order valence-electron chi connectivity index (χ1n) is 1.49. The monoisotopic (exact) mass is 111 g/mol. The molecule has 0 radical (unpaired) electrons. The molecule has 1 nitrogen and oxygen atoms in total. The first kappa shape index (κ1) is 9.08. The Morgan fingerprint density at radius 1 is 1.80 bits per heavy atom. The second kappa shape index (κ2) is 25.0. The van der Waals surface area contributed by atoms with Crippen molar-refractivity contribution in [3.63, 3.8) is 0 Å². The molecule has 0 aliphatic rings. The van der Waals surface area contributed by atoms with Gasteiger partial charge in [-0.25, -0.2) is 0 Å². The van der Waals surface area contributed by atoms with Crippen molar-refractivity contribution in [2.24, 2.45) is 5.73 Å². The fourth-order valence-electron chi connectivity index (χ4n) is 0. The first-order chi connectivity index (χ1) is 2.41. The highest BCUT2D eigenvalue weighted by molar-refractivity contribution is 6.80. The Hall–Kier alpha value is 0.467. The Morgan fingerprint density at radius 2 is 1.80 bits per heavy atom. The molecule has 5 heavy (non-hydrogen) atoms. The van der Waals surface area contributed by atoms with Gasteiger partial charge in [-0.15, -0.1) is 0 Å². The lowest BCUT2D eigenvalue weighted by Crippen LogP contribution is -1.87. The zero-order valence-corrected chi connectivity index (χ0v) is 6.42. The summed E-state index contributed by atoms with van der Waals surface area (Å²) in [5.41, 5.74) is 4.85. The van der Waals surface area contributed by atoms with Crippen LogP contribution < -0.4 is 5.73 Å². The lowest BCUT2D eigenvalue weighted by atomic mass is 10.8. The van der Waals surface area contributed by atoms with Gasteiger partial charge in [0.2, 0.25) is 0 Å². The predicted molar refractivity (Wildman–Crippen MR) is 30.5 cm³/mol. The van der Waals surface area contributed by atoms with Crippen molar-refractivity contribution < 1.29 is 0 Å². The van der Waals surface area contributed by atoms with E-state index >= 15 is 0 Å². The van der Waals surface area contributed by atoms with Crippen molar-refractivity contribution in [1.82, 2.24) is 0 Å². The second-order valence-corrected chi connectivity index (χ2v) is 0.408. The van der Waals surface area contributed by atoms with Gasteiger partial charge in [0, 0.05) is 0 Å². The van der Waals surface area contributed by atoms with Crippen molar-refractivity contribution in [2.45, 2.75) is 6.92 Å². The Labute approximate surface area is 40.6 Å². The standard InChI is InChI=1S/C2H7N.ClH3Si/c1-2-3;1-2/h2-3H2,1H3;2H3. The molecule has 0 fully saturated rings. The predicted octanol–water partition coefficient (Wildman–Crippen LogP) is -0.529. The Kier molecular flexibility index (Phi) is 45.3. The molecular weight excluding hydrogens is 102 g/mol. The van der Waals surface area contributed by atoms with E-state index in [2.05, 4.69) is 0 Å². The van der Waals surface area contributed by atoms with Gasteiger partial charge in [-0.3, -0.25) is 0 Å². The quantitative estimate of drug-likeness (QED) is 0.330. The molecule has 0 heterocycles. The van der Waals surface area contributed by atoms with E-state index in [4.69, 9.17) is 16.8 Å². The minimum atomic E-state index is 0.750. The van der Waals surface area contributed by atoms with Crippen LogP contribution >= 0.6 is 11.1 Å². The van der Waals surface area contributed by atoms with Gasteiger partial charge in [0.05, 0.1) is 0 Å². The Bertz CT molecular complexity index is 9.61. The molecule has 0 saturated carbocycles. The summed E-state index contributed by atoms with van der Waals surface area (Å²) in [5.74, 6) is 0. The van der Waals surface area contributed by atoms with E-state index in [1.54, 1.807) is 0 Å². The SMILES string of the molecule is CCN.[SiH3]Cl. The van der Waals surface area contributed by atoms with Gasteiger partial charge < -0.3 is 5.73 Å². The molecule has 0 rings (SSSR count). The van der Waals surface area contributed by atoms with Crippen molar-refractivity contribution in [2.75, 3.05) is 6.54 Å². The molecule has 0 unspecified atom stereocenters. The highest BCUT2D eigenvalue weighted by Gasteiger charge is 1.32. The van der Waals surface area contributed by atoms with Gasteiger partial charge >= 0.3 is 0 Å². The van der Waals surface area contributed by atoms with Crippen LogP contribution in [0.15, 0.2) is 0 Å². The number of hydrogen-bond acceptors (Lipinski definition) is 1. The van der Waals surface area contributed by atoms with Gasteiger partial charge in [0.15, 0.2) is 0 Å². The average Bonchev–Trinajstić information content (AvgIpc) is 1.46. The third-order valence-corrected chi connectivity index (χ3v) is 0. The Morgan fingerprint density at radius 3 is 1.80 bits per heavy atom. The highest BCUT2D eigenvalue weighted by Crippen LogP contribution is 1.29. The summed E-state index contributed by atoms with van der Waals surface area (Å²) >= 11 is 4.78. The van der Waals surface area contributed by atoms with E-state index in [0.29, 0.717) is 0 Å². The zero-order valence-electron chi connectivity index (χ0n) is 3.66. The normalized spacial score (nSPS) is 5.40. The molecule has 34 valence electrons. The maximum Gasteiger partial charge on any atom is 0.109 e. The molecular formula is C2H10ClNSi. The van der Waals surface area contributed by atoms with Crippen LogP contribution in [0.5, 0.6) is 0 Å². The van der Waals surface area contributed by atoms with Crippen LogP contribution in [0.4, 0.5) is 0 Å².